The molecule has 4 aromatic rings. The minimum absolute atomic E-state index is 0.0723. The Labute approximate surface area is 211 Å². The monoisotopic (exact) mass is 505 g/mol. The number of methoxy groups -OCH3 is 1. The maximum atomic E-state index is 13.5. The van der Waals surface area contributed by atoms with Crippen LogP contribution in [0.3, 0.4) is 0 Å². The number of aromatic nitrogens is 2. The highest BCUT2D eigenvalue weighted by Crippen LogP contribution is 2.24. The maximum absolute atomic E-state index is 13.5. The first-order valence-electron chi connectivity index (χ1n) is 11.8. The van der Waals surface area contributed by atoms with Gasteiger partial charge in [-0.1, -0.05) is 52.0 Å². The zero-order chi connectivity index (χ0) is 26.1. The van der Waals surface area contributed by atoms with Crippen LogP contribution in [0.4, 0.5) is 0 Å². The van der Waals surface area contributed by atoms with E-state index in [2.05, 4.69) is 25.5 Å². The minimum atomic E-state index is -3.75. The van der Waals surface area contributed by atoms with Crippen molar-refractivity contribution in [1.82, 2.24) is 14.3 Å². The molecule has 0 amide bonds. The van der Waals surface area contributed by atoms with Gasteiger partial charge in [0.2, 0.25) is 10.0 Å². The molecule has 0 bridgehead atoms. The van der Waals surface area contributed by atoms with Gasteiger partial charge in [0, 0.05) is 12.5 Å². The molecule has 8 heteroatoms. The molecule has 1 aromatic heterocycles. The van der Waals surface area contributed by atoms with E-state index in [1.165, 1.54) is 0 Å². The van der Waals surface area contributed by atoms with Crippen LogP contribution in [0.5, 0.6) is 5.75 Å². The second-order valence-corrected chi connectivity index (χ2v) is 11.6. The third-order valence-electron chi connectivity index (χ3n) is 6.18. The number of rotatable bonds is 7. The number of sulfonamides is 1. The summed E-state index contributed by atoms with van der Waals surface area (Å²) in [4.78, 5) is 18.5. The first-order chi connectivity index (χ1) is 17.0. The molecule has 1 atom stereocenters. The highest BCUT2D eigenvalue weighted by Gasteiger charge is 2.22. The van der Waals surface area contributed by atoms with Gasteiger partial charge in [0.15, 0.2) is 0 Å². The molecule has 0 aliphatic carbocycles. The van der Waals surface area contributed by atoms with Crippen molar-refractivity contribution in [3.63, 3.8) is 0 Å². The molecule has 3 aromatic carbocycles. The van der Waals surface area contributed by atoms with E-state index < -0.39 is 15.9 Å². The lowest BCUT2D eigenvalue weighted by Crippen LogP contribution is -2.32. The highest BCUT2D eigenvalue weighted by atomic mass is 32.2. The smallest absolute Gasteiger partial charge is 0.265 e. The molecule has 0 fully saturated rings. The minimum Gasteiger partial charge on any atom is -0.497 e. The van der Waals surface area contributed by atoms with Crippen molar-refractivity contribution in [3.05, 3.63) is 94.5 Å². The maximum Gasteiger partial charge on any atom is 0.265 e. The van der Waals surface area contributed by atoms with Gasteiger partial charge in [0.25, 0.3) is 5.56 Å². The van der Waals surface area contributed by atoms with Crippen LogP contribution < -0.4 is 15.0 Å². The molecule has 0 aliphatic heterocycles. The van der Waals surface area contributed by atoms with Crippen LogP contribution in [0.25, 0.3) is 16.6 Å². The topological polar surface area (TPSA) is 90.3 Å². The summed E-state index contributed by atoms with van der Waals surface area (Å²) in [5.41, 5.74) is 1.96. The van der Waals surface area contributed by atoms with E-state index in [0.29, 0.717) is 28.2 Å². The van der Waals surface area contributed by atoms with Crippen LogP contribution in [0, 0.1) is 0 Å². The molecule has 0 spiro atoms. The fraction of sp³-hybridized carbons (Fsp3) is 0.286. The van der Waals surface area contributed by atoms with Gasteiger partial charge in [-0.25, -0.2) is 18.1 Å². The Kier molecular flexibility index (Phi) is 7.02. The number of hydrogen-bond donors (Lipinski definition) is 1. The summed E-state index contributed by atoms with van der Waals surface area (Å²) in [6.07, 6.45) is 0. The zero-order valence-electron chi connectivity index (χ0n) is 21.1. The molecule has 4 rings (SSSR count). The number of para-hydroxylation sites is 1. The number of nitrogens with zero attached hydrogens (tertiary/aromatic N) is 2. The summed E-state index contributed by atoms with van der Waals surface area (Å²) < 4.78 is 35.5. The fourth-order valence-electron chi connectivity index (χ4n) is 4.00. The Morgan fingerprint density at radius 3 is 2.22 bits per heavy atom. The Hall–Kier alpha value is -3.49. The molecule has 0 saturated carbocycles. The van der Waals surface area contributed by atoms with Crippen molar-refractivity contribution < 1.29 is 13.2 Å². The first kappa shape index (κ1) is 25.6. The molecule has 0 radical (unpaired) electrons. The van der Waals surface area contributed by atoms with Gasteiger partial charge in [-0.3, -0.25) is 9.36 Å². The molecular weight excluding hydrogens is 474 g/mol. The van der Waals surface area contributed by atoms with E-state index in [1.54, 1.807) is 66.3 Å². The van der Waals surface area contributed by atoms with Gasteiger partial charge < -0.3 is 4.74 Å². The molecule has 7 nitrogen and oxygen atoms in total. The standard InChI is InChI=1S/C28H31N3O4S/c1-19(18-29-36(33,34)23-16-10-20(11-17-23)28(2,3)4)26-30-25-9-7-6-8-24(25)27(32)31(26)21-12-14-22(35-5)15-13-21/h6-17,19,29H,18H2,1-5H3. The van der Waals surface area contributed by atoms with E-state index in [-0.39, 0.29) is 22.4 Å². The summed E-state index contributed by atoms with van der Waals surface area (Å²) in [7, 11) is -2.17. The Morgan fingerprint density at radius 2 is 1.61 bits per heavy atom. The predicted octanol–water partition coefficient (Wildman–Crippen LogP) is 4.77. The van der Waals surface area contributed by atoms with Crippen molar-refractivity contribution in [2.75, 3.05) is 13.7 Å². The van der Waals surface area contributed by atoms with Crippen LogP contribution in [0.1, 0.15) is 45.0 Å². The molecule has 1 unspecified atom stereocenters. The van der Waals surface area contributed by atoms with Crippen molar-refractivity contribution in [2.24, 2.45) is 0 Å². The zero-order valence-corrected chi connectivity index (χ0v) is 22.0. The summed E-state index contributed by atoms with van der Waals surface area (Å²) in [5.74, 6) is 0.739. The van der Waals surface area contributed by atoms with Gasteiger partial charge in [-0.2, -0.15) is 0 Å². The third kappa shape index (κ3) is 5.20. The molecule has 1 heterocycles. The van der Waals surface area contributed by atoms with Gasteiger partial charge in [0.1, 0.15) is 11.6 Å². The van der Waals surface area contributed by atoms with Crippen molar-refractivity contribution in [1.29, 1.82) is 0 Å². The molecule has 0 saturated heterocycles. The normalized spacial score (nSPS) is 13.0. The van der Waals surface area contributed by atoms with Crippen molar-refractivity contribution >= 4 is 20.9 Å². The number of fused-ring (bicyclic) bond motifs is 1. The average molecular weight is 506 g/mol. The quantitative estimate of drug-likeness (QED) is 0.391. The van der Waals surface area contributed by atoms with E-state index in [9.17, 15) is 13.2 Å². The summed E-state index contributed by atoms with van der Waals surface area (Å²) in [6, 6.07) is 21.2. The molecule has 188 valence electrons. The van der Waals surface area contributed by atoms with Gasteiger partial charge >= 0.3 is 0 Å². The molecular formula is C28H31N3O4S. The number of hydrogen-bond acceptors (Lipinski definition) is 5. The Bertz CT molecular complexity index is 1540. The molecule has 36 heavy (non-hydrogen) atoms. The second-order valence-electron chi connectivity index (χ2n) is 9.85. The first-order valence-corrected chi connectivity index (χ1v) is 13.3. The van der Waals surface area contributed by atoms with Crippen LogP contribution >= 0.6 is 0 Å². The lowest BCUT2D eigenvalue weighted by Gasteiger charge is -2.20. The van der Waals surface area contributed by atoms with Crippen LogP contribution in [-0.2, 0) is 15.4 Å². The molecule has 0 aliphatic rings. The average Bonchev–Trinajstić information content (AvgIpc) is 2.87. The Balaban J connectivity index is 1.68. The summed E-state index contributed by atoms with van der Waals surface area (Å²) in [5, 5.41) is 0.490. The van der Waals surface area contributed by atoms with Gasteiger partial charge in [-0.05, 0) is 59.5 Å². The largest absolute Gasteiger partial charge is 0.497 e. The van der Waals surface area contributed by atoms with E-state index in [4.69, 9.17) is 9.72 Å². The Morgan fingerprint density at radius 1 is 0.972 bits per heavy atom. The number of benzene rings is 3. The highest BCUT2D eigenvalue weighted by molar-refractivity contribution is 7.89. The predicted molar refractivity (Wildman–Crippen MR) is 143 cm³/mol. The summed E-state index contributed by atoms with van der Waals surface area (Å²) >= 11 is 0. The van der Waals surface area contributed by atoms with E-state index >= 15 is 0 Å². The lowest BCUT2D eigenvalue weighted by atomic mass is 9.87. The number of ether oxygens (including phenoxy) is 1. The van der Waals surface area contributed by atoms with Gasteiger partial charge in [0.05, 0.1) is 28.6 Å². The third-order valence-corrected chi connectivity index (χ3v) is 7.62. The lowest BCUT2D eigenvalue weighted by molar-refractivity contribution is 0.414. The number of nitrogens with one attached hydrogen (secondary N) is 1. The van der Waals surface area contributed by atoms with E-state index in [1.807, 2.05) is 25.1 Å². The van der Waals surface area contributed by atoms with Crippen molar-refractivity contribution in [2.45, 2.75) is 43.9 Å². The van der Waals surface area contributed by atoms with Crippen molar-refractivity contribution in [3.8, 4) is 11.4 Å². The van der Waals surface area contributed by atoms with Crippen LogP contribution in [0.2, 0.25) is 0 Å². The fourth-order valence-corrected chi connectivity index (χ4v) is 5.14. The van der Waals surface area contributed by atoms with Crippen LogP contribution in [0.15, 0.2) is 82.5 Å². The van der Waals surface area contributed by atoms with E-state index in [0.717, 1.165) is 5.56 Å². The summed E-state index contributed by atoms with van der Waals surface area (Å²) in [6.45, 7) is 8.16. The second kappa shape index (κ2) is 9.87. The SMILES string of the molecule is COc1ccc(-n2c(C(C)CNS(=O)(=O)c3ccc(C(C)(C)C)cc3)nc3ccccc3c2=O)cc1. The van der Waals surface area contributed by atoms with Crippen LogP contribution in [-0.4, -0.2) is 31.6 Å². The van der Waals surface area contributed by atoms with Gasteiger partial charge in [-0.15, -0.1) is 0 Å². The molecule has 1 N–H and O–H groups in total.